The number of rotatable bonds is 7. The van der Waals surface area contributed by atoms with E-state index in [9.17, 15) is 14.4 Å². The van der Waals surface area contributed by atoms with Gasteiger partial charge in [0.05, 0.1) is 6.42 Å². The second kappa shape index (κ2) is 8.74. The standard InChI is InChI=1S/C18H19N3O5S/c22-15(23)7-8-19-16(24)11-3-5-12(6-4-11)20-17(25)13-10-27-18(21-13)14-2-1-9-26-14/h3-6,10,14H,1-2,7-9H2,(H,19,24)(H,20,25)(H,22,23). The number of ether oxygens (including phenoxy) is 1. The van der Waals surface area contributed by atoms with Crippen LogP contribution >= 0.6 is 11.3 Å². The summed E-state index contributed by atoms with van der Waals surface area (Å²) in [5.41, 5.74) is 1.25. The quantitative estimate of drug-likeness (QED) is 0.669. The van der Waals surface area contributed by atoms with Gasteiger partial charge in [-0.25, -0.2) is 4.98 Å². The average Bonchev–Trinajstić information content (AvgIpc) is 3.33. The number of amides is 2. The molecule has 0 spiro atoms. The van der Waals surface area contributed by atoms with Crippen molar-refractivity contribution in [2.24, 2.45) is 0 Å². The molecule has 2 heterocycles. The summed E-state index contributed by atoms with van der Waals surface area (Å²) < 4.78 is 5.57. The summed E-state index contributed by atoms with van der Waals surface area (Å²) in [6, 6.07) is 6.34. The van der Waals surface area contributed by atoms with Crippen LogP contribution in [0, 0.1) is 0 Å². The van der Waals surface area contributed by atoms with Gasteiger partial charge in [-0.1, -0.05) is 0 Å². The van der Waals surface area contributed by atoms with Gasteiger partial charge in [0.25, 0.3) is 11.8 Å². The molecule has 1 aliphatic rings. The number of carboxylic acid groups (broad SMARTS) is 1. The van der Waals surface area contributed by atoms with Crippen LogP contribution in [-0.4, -0.2) is 41.0 Å². The second-order valence-corrected chi connectivity index (χ2v) is 6.89. The summed E-state index contributed by atoms with van der Waals surface area (Å²) in [6.07, 6.45) is 1.77. The van der Waals surface area contributed by atoms with Gasteiger partial charge in [-0.15, -0.1) is 11.3 Å². The van der Waals surface area contributed by atoms with Crippen molar-refractivity contribution in [3.8, 4) is 0 Å². The summed E-state index contributed by atoms with van der Waals surface area (Å²) in [5.74, 6) is -1.66. The first-order valence-corrected chi connectivity index (χ1v) is 9.39. The average molecular weight is 389 g/mol. The minimum absolute atomic E-state index is 0.0181. The Hall–Kier alpha value is -2.78. The summed E-state index contributed by atoms with van der Waals surface area (Å²) in [7, 11) is 0. The molecule has 1 fully saturated rings. The van der Waals surface area contributed by atoms with Crippen molar-refractivity contribution in [3.63, 3.8) is 0 Å². The third-order valence-electron chi connectivity index (χ3n) is 3.99. The van der Waals surface area contributed by atoms with Crippen molar-refractivity contribution in [3.05, 3.63) is 45.9 Å². The highest BCUT2D eigenvalue weighted by atomic mass is 32.1. The van der Waals surface area contributed by atoms with Gasteiger partial charge >= 0.3 is 5.97 Å². The molecule has 0 radical (unpaired) electrons. The molecule has 1 aliphatic heterocycles. The molecule has 142 valence electrons. The number of benzene rings is 1. The van der Waals surface area contributed by atoms with Gasteiger partial charge in [0.15, 0.2) is 0 Å². The molecule has 1 unspecified atom stereocenters. The van der Waals surface area contributed by atoms with Crippen LogP contribution in [0.1, 0.15) is 51.2 Å². The number of carbonyl (C=O) groups is 3. The van der Waals surface area contributed by atoms with E-state index in [1.165, 1.54) is 11.3 Å². The van der Waals surface area contributed by atoms with Crippen molar-refractivity contribution < 1.29 is 24.2 Å². The lowest BCUT2D eigenvalue weighted by molar-refractivity contribution is -0.136. The van der Waals surface area contributed by atoms with Gasteiger partial charge in [0.2, 0.25) is 0 Å². The van der Waals surface area contributed by atoms with Crippen LogP contribution in [0.2, 0.25) is 0 Å². The fourth-order valence-corrected chi connectivity index (χ4v) is 3.48. The number of thiazole rings is 1. The van der Waals surface area contributed by atoms with Crippen molar-refractivity contribution >= 4 is 34.8 Å². The summed E-state index contributed by atoms with van der Waals surface area (Å²) in [4.78, 5) is 39.0. The zero-order chi connectivity index (χ0) is 19.2. The van der Waals surface area contributed by atoms with Crippen molar-refractivity contribution in [1.82, 2.24) is 10.3 Å². The molecule has 1 saturated heterocycles. The molecule has 1 aromatic carbocycles. The molecule has 0 aliphatic carbocycles. The molecule has 0 bridgehead atoms. The number of hydrogen-bond acceptors (Lipinski definition) is 6. The van der Waals surface area contributed by atoms with Crippen molar-refractivity contribution in [2.45, 2.75) is 25.4 Å². The lowest BCUT2D eigenvalue weighted by atomic mass is 10.2. The maximum Gasteiger partial charge on any atom is 0.305 e. The fraction of sp³-hybridized carbons (Fsp3) is 0.333. The van der Waals surface area contributed by atoms with Gasteiger partial charge < -0.3 is 20.5 Å². The van der Waals surface area contributed by atoms with Crippen LogP contribution in [-0.2, 0) is 9.53 Å². The van der Waals surface area contributed by atoms with Crippen LogP contribution < -0.4 is 10.6 Å². The number of aliphatic carboxylic acids is 1. The highest BCUT2D eigenvalue weighted by molar-refractivity contribution is 7.09. The number of nitrogens with one attached hydrogen (secondary N) is 2. The Balaban J connectivity index is 1.55. The number of aromatic nitrogens is 1. The van der Waals surface area contributed by atoms with E-state index in [-0.39, 0.29) is 30.9 Å². The number of hydrogen-bond donors (Lipinski definition) is 3. The largest absolute Gasteiger partial charge is 0.481 e. The number of carboxylic acids is 1. The Bertz CT molecular complexity index is 828. The lowest BCUT2D eigenvalue weighted by Crippen LogP contribution is -2.25. The van der Waals surface area contributed by atoms with Gasteiger partial charge in [-0.2, -0.15) is 0 Å². The van der Waals surface area contributed by atoms with E-state index < -0.39 is 5.97 Å². The van der Waals surface area contributed by atoms with Crippen LogP contribution in [0.15, 0.2) is 29.6 Å². The summed E-state index contributed by atoms with van der Waals surface area (Å²) >= 11 is 1.41. The summed E-state index contributed by atoms with van der Waals surface area (Å²) in [6.45, 7) is 0.783. The molecule has 0 saturated carbocycles. The Morgan fingerprint density at radius 3 is 2.67 bits per heavy atom. The molecule has 1 atom stereocenters. The Morgan fingerprint density at radius 2 is 2.00 bits per heavy atom. The third-order valence-corrected chi connectivity index (χ3v) is 4.93. The highest BCUT2D eigenvalue weighted by Crippen LogP contribution is 2.30. The lowest BCUT2D eigenvalue weighted by Gasteiger charge is -2.06. The molecule has 1 aromatic heterocycles. The van der Waals surface area contributed by atoms with Crippen LogP contribution in [0.4, 0.5) is 5.69 Å². The maximum atomic E-state index is 12.3. The predicted octanol–water partition coefficient (Wildman–Crippen LogP) is 2.45. The second-order valence-electron chi connectivity index (χ2n) is 6.00. The minimum atomic E-state index is -0.974. The first-order chi connectivity index (χ1) is 13.0. The molecule has 9 heteroatoms. The highest BCUT2D eigenvalue weighted by Gasteiger charge is 2.22. The van der Waals surface area contributed by atoms with Crippen LogP contribution in [0.25, 0.3) is 0 Å². The zero-order valence-corrected chi connectivity index (χ0v) is 15.3. The van der Waals surface area contributed by atoms with E-state index in [2.05, 4.69) is 15.6 Å². The van der Waals surface area contributed by atoms with E-state index in [4.69, 9.17) is 9.84 Å². The topological polar surface area (TPSA) is 118 Å². The summed E-state index contributed by atoms with van der Waals surface area (Å²) in [5, 5.41) is 16.3. The predicted molar refractivity (Wildman–Crippen MR) is 99.0 cm³/mol. The van der Waals surface area contributed by atoms with E-state index in [0.717, 1.165) is 24.5 Å². The normalized spacial score (nSPS) is 16.1. The first kappa shape index (κ1) is 19.0. The third kappa shape index (κ3) is 5.11. The van der Waals surface area contributed by atoms with Crippen molar-refractivity contribution in [2.75, 3.05) is 18.5 Å². The number of anilines is 1. The van der Waals surface area contributed by atoms with E-state index in [1.54, 1.807) is 29.6 Å². The molecule has 3 N–H and O–H groups in total. The zero-order valence-electron chi connectivity index (χ0n) is 14.4. The molecule has 2 amide bonds. The minimum Gasteiger partial charge on any atom is -0.481 e. The van der Waals surface area contributed by atoms with Gasteiger partial charge in [-0.05, 0) is 37.1 Å². The fourth-order valence-electron chi connectivity index (χ4n) is 2.60. The molecule has 27 heavy (non-hydrogen) atoms. The van der Waals surface area contributed by atoms with E-state index in [0.29, 0.717) is 16.9 Å². The SMILES string of the molecule is O=C(O)CCNC(=O)c1ccc(NC(=O)c2csc(C3CCCO3)n2)cc1. The molecule has 3 rings (SSSR count). The van der Waals surface area contributed by atoms with Gasteiger partial charge in [0.1, 0.15) is 16.8 Å². The Kier molecular flexibility index (Phi) is 6.15. The first-order valence-electron chi connectivity index (χ1n) is 8.51. The van der Waals surface area contributed by atoms with Crippen molar-refractivity contribution in [1.29, 1.82) is 0 Å². The molecular weight excluding hydrogens is 370 g/mol. The molecule has 8 nitrogen and oxygen atoms in total. The smallest absolute Gasteiger partial charge is 0.305 e. The number of carbonyl (C=O) groups excluding carboxylic acids is 2. The van der Waals surface area contributed by atoms with Gasteiger partial charge in [0, 0.05) is 29.8 Å². The molecule has 2 aromatic rings. The Labute approximate surface area is 159 Å². The Morgan fingerprint density at radius 1 is 1.22 bits per heavy atom. The monoisotopic (exact) mass is 389 g/mol. The maximum absolute atomic E-state index is 12.3. The van der Waals surface area contributed by atoms with E-state index in [1.807, 2.05) is 0 Å². The van der Waals surface area contributed by atoms with E-state index >= 15 is 0 Å². The van der Waals surface area contributed by atoms with Gasteiger partial charge in [-0.3, -0.25) is 14.4 Å². The van der Waals surface area contributed by atoms with Crippen LogP contribution in [0.3, 0.4) is 0 Å². The van der Waals surface area contributed by atoms with Crippen LogP contribution in [0.5, 0.6) is 0 Å². The number of nitrogens with zero attached hydrogens (tertiary/aromatic N) is 1. The molecular formula is C18H19N3O5S.